The topological polar surface area (TPSA) is 121 Å². The smallest absolute Gasteiger partial charge is 0.296 e. The fourth-order valence-electron chi connectivity index (χ4n) is 4.32. The number of piperidine rings is 1. The van der Waals surface area contributed by atoms with Gasteiger partial charge in [0.25, 0.3) is 5.92 Å². The van der Waals surface area contributed by atoms with Gasteiger partial charge in [-0.25, -0.2) is 33.4 Å². The predicted molar refractivity (Wildman–Crippen MR) is 147 cm³/mol. The number of hydrogen-bond acceptors (Lipinski definition) is 10. The molecule has 11 nitrogen and oxygen atoms in total. The molecule has 2 aromatic heterocycles. The van der Waals surface area contributed by atoms with E-state index >= 15 is 0 Å². The van der Waals surface area contributed by atoms with E-state index in [1.807, 2.05) is 13.0 Å². The Labute approximate surface area is 228 Å². The first-order valence-corrected chi connectivity index (χ1v) is 12.4. The minimum absolute atomic E-state index is 0.135. The van der Waals surface area contributed by atoms with Gasteiger partial charge in [-0.1, -0.05) is 0 Å². The quantitative estimate of drug-likeness (QED) is 0.232. The van der Waals surface area contributed by atoms with Crippen LogP contribution in [0.25, 0.3) is 17.0 Å². The van der Waals surface area contributed by atoms with Crippen molar-refractivity contribution in [3.05, 3.63) is 60.3 Å². The number of anilines is 2. The number of ether oxygens (including phenoxy) is 3. The average molecular weight is 551 g/mol. The molecular weight excluding hydrogens is 522 g/mol. The van der Waals surface area contributed by atoms with Crippen LogP contribution >= 0.6 is 0 Å². The van der Waals surface area contributed by atoms with E-state index in [-0.39, 0.29) is 18.1 Å². The van der Waals surface area contributed by atoms with Gasteiger partial charge in [-0.05, 0) is 56.1 Å². The maximum absolute atomic E-state index is 14.7. The standard InChI is InChI=1S/C27H28F2N8O3/c1-16-11-17(5-7-19(16)39-23(30-2)12-22-33-15-35-37(22)3)36-26-24-18(32-14-34-26)6-8-20(38-4)25(24)40-21-9-10-31-13-27(21,28)29/h5-8,11-12,14-15,21,31H,2,9-10,13H2,1,3-4H3,(H,32,34,36)/b23-12+. The van der Waals surface area contributed by atoms with E-state index < -0.39 is 18.6 Å². The largest absolute Gasteiger partial charge is 0.493 e. The summed E-state index contributed by atoms with van der Waals surface area (Å²) in [5.74, 6) is -0.851. The zero-order valence-electron chi connectivity index (χ0n) is 22.2. The van der Waals surface area contributed by atoms with Crippen LogP contribution in [-0.4, -0.2) is 63.7 Å². The molecule has 208 valence electrons. The zero-order chi connectivity index (χ0) is 28.3. The van der Waals surface area contributed by atoms with E-state index in [1.54, 1.807) is 42.1 Å². The van der Waals surface area contributed by atoms with Gasteiger partial charge in [0.15, 0.2) is 23.4 Å². The molecule has 1 aliphatic rings. The Morgan fingerprint density at radius 2 is 2.02 bits per heavy atom. The Morgan fingerprint density at radius 1 is 1.20 bits per heavy atom. The van der Waals surface area contributed by atoms with Gasteiger partial charge in [0.2, 0.25) is 5.88 Å². The van der Waals surface area contributed by atoms with Crippen LogP contribution in [0.2, 0.25) is 0 Å². The van der Waals surface area contributed by atoms with Gasteiger partial charge in [0, 0.05) is 25.2 Å². The highest BCUT2D eigenvalue weighted by molar-refractivity contribution is 5.97. The summed E-state index contributed by atoms with van der Waals surface area (Å²) in [6.07, 6.45) is 3.25. The first kappa shape index (κ1) is 26.9. The van der Waals surface area contributed by atoms with Crippen molar-refractivity contribution in [1.29, 1.82) is 0 Å². The second-order valence-corrected chi connectivity index (χ2v) is 9.14. The lowest BCUT2D eigenvalue weighted by Crippen LogP contribution is -2.52. The maximum Gasteiger partial charge on any atom is 0.296 e. The molecule has 0 aliphatic carbocycles. The Morgan fingerprint density at radius 3 is 2.73 bits per heavy atom. The maximum atomic E-state index is 14.7. The van der Waals surface area contributed by atoms with Gasteiger partial charge < -0.3 is 24.8 Å². The SMILES string of the molecule is C=N/C(=C\c1ncnn1C)Oc1ccc(Nc2ncnc3ccc(OC)c(OC4CCNCC4(F)F)c23)cc1C. The summed E-state index contributed by atoms with van der Waals surface area (Å²) in [6, 6.07) is 8.78. The normalized spacial score (nSPS) is 16.9. The van der Waals surface area contributed by atoms with Gasteiger partial charge in [0.1, 0.15) is 24.2 Å². The van der Waals surface area contributed by atoms with E-state index in [1.165, 1.54) is 19.8 Å². The van der Waals surface area contributed by atoms with E-state index in [0.717, 1.165) is 5.56 Å². The Kier molecular flexibility index (Phi) is 7.56. The van der Waals surface area contributed by atoms with E-state index in [2.05, 4.69) is 42.4 Å². The number of nitrogens with one attached hydrogen (secondary N) is 2. The molecule has 0 saturated carbocycles. The molecular formula is C27H28F2N8O3. The molecule has 1 saturated heterocycles. The number of fused-ring (bicyclic) bond motifs is 1. The molecule has 0 amide bonds. The zero-order valence-corrected chi connectivity index (χ0v) is 22.2. The van der Waals surface area contributed by atoms with Crippen molar-refractivity contribution >= 4 is 35.2 Å². The van der Waals surface area contributed by atoms with Crippen LogP contribution in [-0.2, 0) is 7.05 Å². The monoisotopic (exact) mass is 550 g/mol. The summed E-state index contributed by atoms with van der Waals surface area (Å²) >= 11 is 0. The van der Waals surface area contributed by atoms with Crippen molar-refractivity contribution in [2.75, 3.05) is 25.5 Å². The highest BCUT2D eigenvalue weighted by Gasteiger charge is 2.44. The number of halogens is 2. The van der Waals surface area contributed by atoms with Crippen molar-refractivity contribution < 1.29 is 23.0 Å². The summed E-state index contributed by atoms with van der Waals surface area (Å²) in [5.41, 5.74) is 1.98. The molecule has 4 aromatic rings. The van der Waals surface area contributed by atoms with Crippen LogP contribution in [0, 0.1) is 6.92 Å². The fraction of sp³-hybridized carbons (Fsp3) is 0.296. The number of nitrogens with zero attached hydrogens (tertiary/aromatic N) is 6. The molecule has 2 N–H and O–H groups in total. The summed E-state index contributed by atoms with van der Waals surface area (Å²) in [4.78, 5) is 16.8. The Bertz CT molecular complexity index is 1570. The summed E-state index contributed by atoms with van der Waals surface area (Å²) in [7, 11) is 3.21. The first-order valence-electron chi connectivity index (χ1n) is 12.4. The van der Waals surface area contributed by atoms with Crippen molar-refractivity contribution in [3.63, 3.8) is 0 Å². The number of alkyl halides is 2. The van der Waals surface area contributed by atoms with Crippen molar-refractivity contribution in [1.82, 2.24) is 30.0 Å². The number of methoxy groups -OCH3 is 1. The minimum atomic E-state index is -3.05. The van der Waals surface area contributed by atoms with Crippen molar-refractivity contribution in [2.45, 2.75) is 25.4 Å². The average Bonchev–Trinajstić information content (AvgIpc) is 3.34. The van der Waals surface area contributed by atoms with Gasteiger partial charge in [-0.15, -0.1) is 0 Å². The van der Waals surface area contributed by atoms with Crippen LogP contribution in [0.1, 0.15) is 17.8 Å². The highest BCUT2D eigenvalue weighted by atomic mass is 19.3. The third kappa shape index (κ3) is 5.54. The number of benzene rings is 2. The van der Waals surface area contributed by atoms with Crippen LogP contribution in [0.3, 0.4) is 0 Å². The fourth-order valence-corrected chi connectivity index (χ4v) is 4.32. The number of hydrogen-bond donors (Lipinski definition) is 2. The molecule has 1 unspecified atom stereocenters. The molecule has 5 rings (SSSR count). The molecule has 3 heterocycles. The van der Waals surface area contributed by atoms with Gasteiger partial charge in [-0.2, -0.15) is 5.10 Å². The molecule has 0 radical (unpaired) electrons. The minimum Gasteiger partial charge on any atom is -0.493 e. The summed E-state index contributed by atoms with van der Waals surface area (Å²) in [6.45, 7) is 5.40. The Hall–Kier alpha value is -4.65. The molecule has 2 aromatic carbocycles. The number of rotatable bonds is 9. The van der Waals surface area contributed by atoms with Crippen LogP contribution in [0.5, 0.6) is 17.2 Å². The lowest BCUT2D eigenvalue weighted by atomic mass is 10.1. The van der Waals surface area contributed by atoms with E-state index in [0.29, 0.717) is 46.3 Å². The molecule has 0 bridgehead atoms. The lowest BCUT2D eigenvalue weighted by molar-refractivity contribution is -0.108. The molecule has 13 heteroatoms. The number of aromatic nitrogens is 5. The molecule has 0 spiro atoms. The summed E-state index contributed by atoms with van der Waals surface area (Å²) in [5, 5.41) is 10.4. The lowest BCUT2D eigenvalue weighted by Gasteiger charge is -2.32. The second kappa shape index (κ2) is 11.2. The molecule has 1 aliphatic heterocycles. The number of aryl methyl sites for hydroxylation is 2. The first-order chi connectivity index (χ1) is 19.3. The van der Waals surface area contributed by atoms with Crippen LogP contribution < -0.4 is 24.8 Å². The van der Waals surface area contributed by atoms with E-state index in [4.69, 9.17) is 14.2 Å². The van der Waals surface area contributed by atoms with Crippen molar-refractivity contribution in [2.24, 2.45) is 12.0 Å². The molecule has 40 heavy (non-hydrogen) atoms. The van der Waals surface area contributed by atoms with Gasteiger partial charge in [0.05, 0.1) is 24.6 Å². The third-order valence-electron chi connectivity index (χ3n) is 6.42. The van der Waals surface area contributed by atoms with Crippen LogP contribution in [0.15, 0.2) is 53.9 Å². The highest BCUT2D eigenvalue weighted by Crippen LogP contribution is 2.42. The second-order valence-electron chi connectivity index (χ2n) is 9.14. The van der Waals surface area contributed by atoms with Crippen LogP contribution in [0.4, 0.5) is 20.3 Å². The van der Waals surface area contributed by atoms with E-state index in [9.17, 15) is 8.78 Å². The number of aliphatic imine (C=N–C) groups is 1. The molecule has 1 fully saturated rings. The third-order valence-corrected chi connectivity index (χ3v) is 6.42. The van der Waals surface area contributed by atoms with Gasteiger partial charge >= 0.3 is 0 Å². The van der Waals surface area contributed by atoms with Crippen molar-refractivity contribution in [3.8, 4) is 17.2 Å². The predicted octanol–water partition coefficient (Wildman–Crippen LogP) is 4.27. The molecule has 1 atom stereocenters. The van der Waals surface area contributed by atoms with Gasteiger partial charge in [-0.3, -0.25) is 0 Å². The Balaban J connectivity index is 1.45. The summed E-state index contributed by atoms with van der Waals surface area (Å²) < 4.78 is 48.2.